The lowest BCUT2D eigenvalue weighted by Gasteiger charge is -2.20. The van der Waals surface area contributed by atoms with Crippen LogP contribution in [0, 0.1) is 11.3 Å². The molecule has 5 nitrogen and oxygen atoms in total. The van der Waals surface area contributed by atoms with Crippen LogP contribution in [0.3, 0.4) is 0 Å². The predicted molar refractivity (Wildman–Crippen MR) is 78.8 cm³/mol. The number of nitrogen functional groups attached to an aromatic ring is 1. The molecule has 2 rings (SSSR count). The molecule has 1 aliphatic rings. The zero-order chi connectivity index (χ0) is 14.2. The second-order valence-electron chi connectivity index (χ2n) is 5.44. The maximum Gasteiger partial charge on any atom is 0.261 e. The van der Waals surface area contributed by atoms with Crippen LogP contribution < -0.4 is 21.5 Å². The Morgan fingerprint density at radius 3 is 2.58 bits per heavy atom. The normalized spacial score (nSPS) is 16.4. The molecule has 0 spiro atoms. The monoisotopic (exact) mass is 283 g/mol. The highest BCUT2D eigenvalue weighted by atomic mass is 32.1. The van der Waals surface area contributed by atoms with E-state index in [4.69, 9.17) is 16.2 Å². The minimum absolute atomic E-state index is 0.330. The molecule has 0 saturated heterocycles. The van der Waals surface area contributed by atoms with Crippen molar-refractivity contribution in [2.45, 2.75) is 26.7 Å². The molecule has 0 aliphatic heterocycles. The Hall–Kier alpha value is -1.43. The third-order valence-corrected chi connectivity index (χ3v) is 5.20. The molecule has 0 radical (unpaired) electrons. The zero-order valence-electron chi connectivity index (χ0n) is 11.6. The van der Waals surface area contributed by atoms with E-state index in [1.54, 1.807) is 7.11 Å². The Morgan fingerprint density at radius 1 is 1.53 bits per heavy atom. The van der Waals surface area contributed by atoms with Gasteiger partial charge in [0.15, 0.2) is 5.75 Å². The van der Waals surface area contributed by atoms with Crippen molar-refractivity contribution in [3.05, 3.63) is 4.88 Å². The highest BCUT2D eigenvalue weighted by molar-refractivity contribution is 7.19. The van der Waals surface area contributed by atoms with Crippen LogP contribution in [0.1, 0.15) is 36.4 Å². The van der Waals surface area contributed by atoms with Gasteiger partial charge in [0.25, 0.3) is 5.91 Å². The molecule has 1 aliphatic carbocycles. The molecule has 19 heavy (non-hydrogen) atoms. The van der Waals surface area contributed by atoms with Crippen LogP contribution >= 0.6 is 11.3 Å². The van der Waals surface area contributed by atoms with Gasteiger partial charge in [0.1, 0.15) is 15.6 Å². The lowest BCUT2D eigenvalue weighted by atomic mass is 9.92. The smallest absolute Gasteiger partial charge is 0.261 e. The summed E-state index contributed by atoms with van der Waals surface area (Å²) in [4.78, 5) is 11.6. The summed E-state index contributed by atoms with van der Waals surface area (Å²) in [7, 11) is 1.55. The van der Waals surface area contributed by atoms with Gasteiger partial charge in [-0.2, -0.15) is 0 Å². The van der Waals surface area contributed by atoms with Gasteiger partial charge >= 0.3 is 0 Å². The third-order valence-electron chi connectivity index (χ3n) is 4.05. The van der Waals surface area contributed by atoms with Crippen molar-refractivity contribution in [3.8, 4) is 5.75 Å². The van der Waals surface area contributed by atoms with Crippen molar-refractivity contribution >= 4 is 27.9 Å². The maximum absolute atomic E-state index is 11.3. The second-order valence-corrected chi connectivity index (χ2v) is 6.46. The molecule has 106 valence electrons. The average Bonchev–Trinajstić information content (AvgIpc) is 3.06. The zero-order valence-corrected chi connectivity index (χ0v) is 12.4. The van der Waals surface area contributed by atoms with Gasteiger partial charge in [0.05, 0.1) is 7.11 Å². The lowest BCUT2D eigenvalue weighted by Crippen LogP contribution is -2.20. The van der Waals surface area contributed by atoms with E-state index in [-0.39, 0.29) is 0 Å². The molecule has 1 saturated carbocycles. The second kappa shape index (κ2) is 4.92. The molecule has 1 amide bonds. The summed E-state index contributed by atoms with van der Waals surface area (Å²) in [6.45, 7) is 5.35. The molecular weight excluding hydrogens is 262 g/mol. The quantitative estimate of drug-likeness (QED) is 0.747. The van der Waals surface area contributed by atoms with Gasteiger partial charge < -0.3 is 21.5 Å². The van der Waals surface area contributed by atoms with Crippen LogP contribution in [-0.4, -0.2) is 19.6 Å². The van der Waals surface area contributed by atoms with E-state index in [9.17, 15) is 4.79 Å². The SMILES string of the molecule is COc1c(NCC2(C(C)C)CC2)sc(C(N)=O)c1N. The van der Waals surface area contributed by atoms with Crippen LogP contribution in [0.5, 0.6) is 5.75 Å². The van der Waals surface area contributed by atoms with E-state index >= 15 is 0 Å². The molecule has 5 N–H and O–H groups in total. The molecule has 0 unspecified atom stereocenters. The maximum atomic E-state index is 11.3. The number of rotatable bonds is 6. The number of ether oxygens (including phenoxy) is 1. The van der Waals surface area contributed by atoms with Gasteiger partial charge in [0.2, 0.25) is 0 Å². The number of carbonyl (C=O) groups excluding carboxylic acids is 1. The predicted octanol–water partition coefficient (Wildman–Crippen LogP) is 2.29. The molecule has 6 heteroatoms. The topological polar surface area (TPSA) is 90.4 Å². The number of amides is 1. The fraction of sp³-hybridized carbons (Fsp3) is 0.615. The Kier molecular flexibility index (Phi) is 3.62. The highest BCUT2D eigenvalue weighted by Gasteiger charge is 2.45. The number of thiophene rings is 1. The van der Waals surface area contributed by atoms with E-state index < -0.39 is 5.91 Å². The van der Waals surface area contributed by atoms with Crippen LogP contribution in [0.4, 0.5) is 10.7 Å². The first-order valence-corrected chi connectivity index (χ1v) is 7.23. The summed E-state index contributed by atoms with van der Waals surface area (Å²) in [6.07, 6.45) is 2.48. The summed E-state index contributed by atoms with van der Waals surface area (Å²) < 4.78 is 5.27. The van der Waals surface area contributed by atoms with Crippen LogP contribution in [0.25, 0.3) is 0 Å². The van der Waals surface area contributed by atoms with Crippen LogP contribution in [0.2, 0.25) is 0 Å². The minimum atomic E-state index is -0.515. The molecule has 1 aromatic rings. The van der Waals surface area contributed by atoms with Gasteiger partial charge in [-0.25, -0.2) is 0 Å². The number of primary amides is 1. The first-order valence-electron chi connectivity index (χ1n) is 6.41. The fourth-order valence-electron chi connectivity index (χ4n) is 2.31. The van der Waals surface area contributed by atoms with Crippen molar-refractivity contribution in [2.75, 3.05) is 24.7 Å². The molecule has 1 aromatic heterocycles. The molecule has 0 aromatic carbocycles. The molecule has 0 atom stereocenters. The van der Waals surface area contributed by atoms with E-state index in [1.807, 2.05) is 0 Å². The highest BCUT2D eigenvalue weighted by Crippen LogP contribution is 2.52. The number of methoxy groups -OCH3 is 1. The summed E-state index contributed by atoms with van der Waals surface area (Å²) in [5.41, 5.74) is 11.9. The molecule has 1 fully saturated rings. The van der Waals surface area contributed by atoms with Crippen molar-refractivity contribution in [1.29, 1.82) is 0 Å². The van der Waals surface area contributed by atoms with Crippen molar-refractivity contribution in [2.24, 2.45) is 17.1 Å². The van der Waals surface area contributed by atoms with Crippen LogP contribution in [-0.2, 0) is 0 Å². The summed E-state index contributed by atoms with van der Waals surface area (Å²) in [5, 5.41) is 4.16. The standard InChI is InChI=1S/C13H21N3O2S/c1-7(2)13(4-5-13)6-16-12-9(18-3)8(14)10(19-12)11(15)17/h7,16H,4-6,14H2,1-3H3,(H2,15,17). The van der Waals surface area contributed by atoms with E-state index in [0.29, 0.717) is 27.6 Å². The van der Waals surface area contributed by atoms with Gasteiger partial charge in [-0.05, 0) is 24.2 Å². The minimum Gasteiger partial charge on any atom is -0.492 e. The van der Waals surface area contributed by atoms with Gasteiger partial charge in [-0.1, -0.05) is 13.8 Å². The van der Waals surface area contributed by atoms with Crippen molar-refractivity contribution in [1.82, 2.24) is 0 Å². The Bertz CT molecular complexity index is 492. The lowest BCUT2D eigenvalue weighted by molar-refractivity contribution is 0.100. The summed E-state index contributed by atoms with van der Waals surface area (Å²) >= 11 is 1.26. The number of carbonyl (C=O) groups is 1. The van der Waals surface area contributed by atoms with E-state index in [2.05, 4.69) is 19.2 Å². The number of nitrogens with one attached hydrogen (secondary N) is 1. The Balaban J connectivity index is 2.16. The van der Waals surface area contributed by atoms with Crippen molar-refractivity contribution < 1.29 is 9.53 Å². The Morgan fingerprint density at radius 2 is 2.16 bits per heavy atom. The first-order chi connectivity index (χ1) is 8.91. The molecule has 0 bridgehead atoms. The van der Waals surface area contributed by atoms with Crippen LogP contribution in [0.15, 0.2) is 0 Å². The first kappa shape index (κ1) is 14.0. The average molecular weight is 283 g/mol. The third kappa shape index (κ3) is 2.49. The van der Waals surface area contributed by atoms with Crippen molar-refractivity contribution in [3.63, 3.8) is 0 Å². The summed E-state index contributed by atoms with van der Waals surface area (Å²) in [6, 6.07) is 0. The number of hydrogen-bond donors (Lipinski definition) is 3. The largest absolute Gasteiger partial charge is 0.492 e. The summed E-state index contributed by atoms with van der Waals surface area (Å²) in [5.74, 6) is 0.649. The molecular formula is C13H21N3O2S. The van der Waals surface area contributed by atoms with E-state index in [1.165, 1.54) is 24.2 Å². The van der Waals surface area contributed by atoms with Gasteiger partial charge in [-0.15, -0.1) is 11.3 Å². The number of nitrogens with two attached hydrogens (primary N) is 2. The number of anilines is 2. The fourth-order valence-corrected chi connectivity index (χ4v) is 3.24. The van der Waals surface area contributed by atoms with E-state index in [0.717, 1.165) is 11.5 Å². The number of hydrogen-bond acceptors (Lipinski definition) is 5. The van der Waals surface area contributed by atoms with Gasteiger partial charge in [-0.3, -0.25) is 4.79 Å². The van der Waals surface area contributed by atoms with Gasteiger partial charge in [0, 0.05) is 6.54 Å². The molecule has 1 heterocycles. The Labute approximate surface area is 117 Å².